The third kappa shape index (κ3) is 3.55. The largest absolute Gasteiger partial charge is 0.389 e. The Morgan fingerprint density at radius 2 is 2.28 bits per heavy atom. The van der Waals surface area contributed by atoms with Crippen LogP contribution in [0.25, 0.3) is 0 Å². The summed E-state index contributed by atoms with van der Waals surface area (Å²) in [6.07, 6.45) is 0.985. The molecule has 1 unspecified atom stereocenters. The van der Waals surface area contributed by atoms with E-state index in [0.29, 0.717) is 30.9 Å². The van der Waals surface area contributed by atoms with E-state index in [1.54, 1.807) is 32.2 Å². The summed E-state index contributed by atoms with van der Waals surface area (Å²) in [6, 6.07) is 4.72. The molecule has 100 valence electrons. The SMILES string of the molecule is C=CCN(CCOC)c1c(F)cccc1C(C)O. The molecule has 1 atom stereocenters. The monoisotopic (exact) mass is 253 g/mol. The summed E-state index contributed by atoms with van der Waals surface area (Å²) in [5, 5.41) is 9.72. The second-order valence-corrected chi connectivity index (χ2v) is 4.08. The summed E-state index contributed by atoms with van der Waals surface area (Å²) in [7, 11) is 1.60. The van der Waals surface area contributed by atoms with E-state index in [0.717, 1.165) is 0 Å². The summed E-state index contributed by atoms with van der Waals surface area (Å²) >= 11 is 0. The van der Waals surface area contributed by atoms with E-state index in [9.17, 15) is 9.50 Å². The van der Waals surface area contributed by atoms with Crippen molar-refractivity contribution in [2.45, 2.75) is 13.0 Å². The molecular formula is C14H20FNO2. The van der Waals surface area contributed by atoms with Crippen molar-refractivity contribution in [3.8, 4) is 0 Å². The van der Waals surface area contributed by atoms with Crippen LogP contribution in [0.3, 0.4) is 0 Å². The van der Waals surface area contributed by atoms with Crippen LogP contribution in [0.1, 0.15) is 18.6 Å². The van der Waals surface area contributed by atoms with Gasteiger partial charge in [-0.1, -0.05) is 18.2 Å². The highest BCUT2D eigenvalue weighted by atomic mass is 19.1. The molecule has 0 aliphatic rings. The molecule has 4 heteroatoms. The highest BCUT2D eigenvalue weighted by Crippen LogP contribution is 2.29. The first-order chi connectivity index (χ1) is 8.61. The van der Waals surface area contributed by atoms with E-state index in [2.05, 4.69) is 6.58 Å². The molecule has 0 spiro atoms. The molecular weight excluding hydrogens is 233 g/mol. The highest BCUT2D eigenvalue weighted by molar-refractivity contribution is 5.56. The van der Waals surface area contributed by atoms with Crippen molar-refractivity contribution in [3.63, 3.8) is 0 Å². The van der Waals surface area contributed by atoms with Crippen LogP contribution in [0.15, 0.2) is 30.9 Å². The van der Waals surface area contributed by atoms with Crippen molar-refractivity contribution in [1.29, 1.82) is 0 Å². The smallest absolute Gasteiger partial charge is 0.146 e. The lowest BCUT2D eigenvalue weighted by Gasteiger charge is -2.27. The topological polar surface area (TPSA) is 32.7 Å². The van der Waals surface area contributed by atoms with Gasteiger partial charge in [-0.2, -0.15) is 0 Å². The number of rotatable bonds is 7. The second-order valence-electron chi connectivity index (χ2n) is 4.08. The maximum absolute atomic E-state index is 14.0. The molecule has 0 fully saturated rings. The van der Waals surface area contributed by atoms with Crippen LogP contribution >= 0.6 is 0 Å². The van der Waals surface area contributed by atoms with Gasteiger partial charge in [-0.15, -0.1) is 6.58 Å². The fourth-order valence-electron chi connectivity index (χ4n) is 1.85. The highest BCUT2D eigenvalue weighted by Gasteiger charge is 2.17. The van der Waals surface area contributed by atoms with Gasteiger partial charge in [0.1, 0.15) is 5.82 Å². The Balaban J connectivity index is 3.12. The molecule has 1 rings (SSSR count). The normalized spacial score (nSPS) is 12.2. The molecule has 0 bridgehead atoms. The van der Waals surface area contributed by atoms with E-state index in [4.69, 9.17) is 4.74 Å². The van der Waals surface area contributed by atoms with Crippen LogP contribution in [0.5, 0.6) is 0 Å². The maximum Gasteiger partial charge on any atom is 0.146 e. The molecule has 0 aromatic heterocycles. The van der Waals surface area contributed by atoms with Crippen molar-refractivity contribution in [2.24, 2.45) is 0 Å². The molecule has 3 nitrogen and oxygen atoms in total. The van der Waals surface area contributed by atoms with Crippen LogP contribution < -0.4 is 4.90 Å². The first-order valence-electron chi connectivity index (χ1n) is 5.93. The van der Waals surface area contributed by atoms with E-state index < -0.39 is 6.10 Å². The van der Waals surface area contributed by atoms with Gasteiger partial charge < -0.3 is 14.7 Å². The second kappa shape index (κ2) is 7.13. The minimum Gasteiger partial charge on any atom is -0.389 e. The molecule has 0 saturated heterocycles. The fraction of sp³-hybridized carbons (Fsp3) is 0.429. The minimum atomic E-state index is -0.717. The number of aliphatic hydroxyl groups is 1. The lowest BCUT2D eigenvalue weighted by Crippen LogP contribution is -2.29. The summed E-state index contributed by atoms with van der Waals surface area (Å²) in [6.45, 7) is 6.83. The number of halogens is 1. The molecule has 1 aromatic carbocycles. The number of aliphatic hydroxyl groups excluding tert-OH is 1. The quantitative estimate of drug-likeness (QED) is 0.758. The fourth-order valence-corrected chi connectivity index (χ4v) is 1.85. The number of ether oxygens (including phenoxy) is 1. The third-order valence-electron chi connectivity index (χ3n) is 2.70. The van der Waals surface area contributed by atoms with Gasteiger partial charge in [0, 0.05) is 25.8 Å². The van der Waals surface area contributed by atoms with E-state index in [1.807, 2.05) is 4.90 Å². The molecule has 1 aromatic rings. The Hall–Kier alpha value is -1.39. The summed E-state index contributed by atoms with van der Waals surface area (Å²) in [4.78, 5) is 1.81. The van der Waals surface area contributed by atoms with Gasteiger partial charge in [0.05, 0.1) is 18.4 Å². The Kier molecular flexibility index (Phi) is 5.82. The van der Waals surface area contributed by atoms with Gasteiger partial charge in [0.2, 0.25) is 0 Å². The molecule has 0 aliphatic carbocycles. The molecule has 0 heterocycles. The van der Waals surface area contributed by atoms with Crippen molar-refractivity contribution < 1.29 is 14.2 Å². The van der Waals surface area contributed by atoms with E-state index in [-0.39, 0.29) is 5.82 Å². The number of anilines is 1. The molecule has 18 heavy (non-hydrogen) atoms. The van der Waals surface area contributed by atoms with E-state index in [1.165, 1.54) is 6.07 Å². The van der Waals surface area contributed by atoms with Gasteiger partial charge in [-0.05, 0) is 13.0 Å². The zero-order chi connectivity index (χ0) is 13.5. The first kappa shape index (κ1) is 14.7. The van der Waals surface area contributed by atoms with Crippen molar-refractivity contribution in [1.82, 2.24) is 0 Å². The molecule has 1 N–H and O–H groups in total. The lowest BCUT2D eigenvalue weighted by molar-refractivity contribution is 0.197. The van der Waals surface area contributed by atoms with Crippen LogP contribution in [0, 0.1) is 5.82 Å². The lowest BCUT2D eigenvalue weighted by atomic mass is 10.1. The van der Waals surface area contributed by atoms with Crippen LogP contribution in [-0.2, 0) is 4.74 Å². The zero-order valence-electron chi connectivity index (χ0n) is 10.9. The first-order valence-corrected chi connectivity index (χ1v) is 5.93. The molecule has 0 radical (unpaired) electrons. The maximum atomic E-state index is 14.0. The Morgan fingerprint density at radius 3 is 2.83 bits per heavy atom. The minimum absolute atomic E-state index is 0.341. The standard InChI is InChI=1S/C14H20FNO2/c1-4-8-16(9-10-18-3)14-12(11(2)17)6-5-7-13(14)15/h4-7,11,17H,1,8-10H2,2-3H3. The molecule has 0 aliphatic heterocycles. The van der Waals surface area contributed by atoms with Crippen LogP contribution in [0.4, 0.5) is 10.1 Å². The number of nitrogens with zero attached hydrogens (tertiary/aromatic N) is 1. The summed E-state index contributed by atoms with van der Waals surface area (Å²) in [5.41, 5.74) is 0.998. The van der Waals surface area contributed by atoms with Gasteiger partial charge in [0.15, 0.2) is 0 Å². The number of para-hydroxylation sites is 1. The van der Waals surface area contributed by atoms with Gasteiger partial charge in [0.25, 0.3) is 0 Å². The van der Waals surface area contributed by atoms with Crippen LogP contribution in [-0.4, -0.2) is 31.9 Å². The predicted octanol–water partition coefficient (Wildman–Crippen LogP) is 2.52. The molecule has 0 saturated carbocycles. The van der Waals surface area contributed by atoms with E-state index >= 15 is 0 Å². The van der Waals surface area contributed by atoms with Crippen molar-refractivity contribution in [2.75, 3.05) is 31.7 Å². The average Bonchev–Trinajstić information content (AvgIpc) is 2.34. The predicted molar refractivity (Wildman–Crippen MR) is 71.3 cm³/mol. The number of hydrogen-bond donors (Lipinski definition) is 1. The van der Waals surface area contributed by atoms with Gasteiger partial charge >= 0.3 is 0 Å². The van der Waals surface area contributed by atoms with Gasteiger partial charge in [-0.25, -0.2) is 4.39 Å². The third-order valence-corrected chi connectivity index (χ3v) is 2.70. The number of methoxy groups -OCH3 is 1. The zero-order valence-corrected chi connectivity index (χ0v) is 10.9. The summed E-state index contributed by atoms with van der Waals surface area (Å²) < 4.78 is 19.0. The van der Waals surface area contributed by atoms with Crippen LogP contribution in [0.2, 0.25) is 0 Å². The number of hydrogen-bond acceptors (Lipinski definition) is 3. The van der Waals surface area contributed by atoms with Crippen molar-refractivity contribution in [3.05, 3.63) is 42.2 Å². The summed E-state index contributed by atoms with van der Waals surface area (Å²) in [5.74, 6) is -0.341. The average molecular weight is 253 g/mol. The number of benzene rings is 1. The van der Waals surface area contributed by atoms with Gasteiger partial charge in [-0.3, -0.25) is 0 Å². The Morgan fingerprint density at radius 1 is 1.56 bits per heavy atom. The Bertz CT molecular complexity index is 393. The molecule has 0 amide bonds. The van der Waals surface area contributed by atoms with Crippen molar-refractivity contribution >= 4 is 5.69 Å². The Labute approximate surface area is 107 Å².